The average molecular weight is 2410 g/mol. The van der Waals surface area contributed by atoms with E-state index < -0.39 is 171 Å². The van der Waals surface area contributed by atoms with E-state index >= 15 is 8.78 Å². The van der Waals surface area contributed by atoms with Crippen LogP contribution in [-0.2, 0) is 124 Å². The van der Waals surface area contributed by atoms with Gasteiger partial charge in [0.05, 0.1) is 132 Å². The average Bonchev–Trinajstić information content (AvgIpc) is 1.55. The Bertz CT molecular complexity index is 5440. The number of carbonyl (C=O) groups is 7. The van der Waals surface area contributed by atoms with Crippen LogP contribution in [0.2, 0.25) is 0 Å². The topological polar surface area (TPSA) is 622 Å². The second-order valence-corrected chi connectivity index (χ2v) is 52.9. The van der Waals surface area contributed by atoms with Crippen molar-refractivity contribution < 1.29 is 176 Å². The van der Waals surface area contributed by atoms with Gasteiger partial charge in [0, 0.05) is 63.2 Å². The van der Waals surface area contributed by atoms with Crippen LogP contribution in [-0.4, -0.2) is 270 Å². The Hall–Kier alpha value is -5.23. The summed E-state index contributed by atoms with van der Waals surface area (Å²) >= 11 is 8.58. The van der Waals surface area contributed by atoms with Gasteiger partial charge in [-0.1, -0.05) is 31.9 Å². The first-order chi connectivity index (χ1) is 67.6. The van der Waals surface area contributed by atoms with Gasteiger partial charge in [-0.25, -0.2) is 23.2 Å². The van der Waals surface area contributed by atoms with Crippen molar-refractivity contribution in [1.82, 2.24) is 35.3 Å². The molecule has 2 aromatic heterocycles. The van der Waals surface area contributed by atoms with E-state index in [4.69, 9.17) is 103 Å². The molecule has 4 amide bonds. The molecule has 0 unspecified atom stereocenters. The lowest BCUT2D eigenvalue weighted by Gasteiger charge is -2.37. The SMILES string of the molecule is CCOP(=O)(OCC)C(N)P(=O)(OCC)OCC.CCOP(=O)(OCC)C(NC(=O)CBr)P(=O)(OCC)OCC.CCOP(=O)(OCC)C(NC(=O)COC(=O)c1cn(C2CC2)c2c(OC)c(N3C[C@@H]4CCCN(C(=O)OC(C)(C)C)[C@@H]4C3)c(F)cc2c1=O)P(=O)(OCC)OCC.COc1c(N2C[C@@H]3CCCN[C@@H]3C2)c(F)cc2c(=O)c(C(=O)OCC(=O)NC(P(=O)(O)O)P(=O)(O)O)cn(C3CC3)c12.O=C(Br)CBr. The minimum absolute atomic E-state index is 0.0162. The van der Waals surface area contributed by atoms with E-state index in [1.807, 2.05) is 9.80 Å². The summed E-state index contributed by atoms with van der Waals surface area (Å²) in [6.07, 6.45) is 8.66. The molecule has 6 aliphatic rings. The van der Waals surface area contributed by atoms with Crippen LogP contribution in [0, 0.1) is 23.5 Å². The van der Waals surface area contributed by atoms with Crippen LogP contribution in [0.3, 0.4) is 0 Å². The van der Waals surface area contributed by atoms with E-state index in [-0.39, 0.29) is 153 Å². The second-order valence-electron chi connectivity index (χ2n) is 33.2. The lowest BCUT2D eigenvalue weighted by atomic mass is 9.92. The molecule has 4 atom stereocenters. The maximum atomic E-state index is 16.4. The highest BCUT2D eigenvalue weighted by Gasteiger charge is 2.56. The van der Waals surface area contributed by atoms with Gasteiger partial charge < -0.3 is 148 Å². The number of methoxy groups -OCH3 is 2. The summed E-state index contributed by atoms with van der Waals surface area (Å²) in [4.78, 5) is 156. The Balaban J connectivity index is 0.000000317. The molecule has 144 heavy (non-hydrogen) atoms. The zero-order valence-corrected chi connectivity index (χ0v) is 95.2. The lowest BCUT2D eigenvalue weighted by Crippen LogP contribution is -2.50. The van der Waals surface area contributed by atoms with Crippen molar-refractivity contribution >= 4 is 182 Å². The zero-order valence-electron chi connectivity index (χ0n) is 83.2. The predicted molar refractivity (Wildman–Crippen MR) is 539 cm³/mol. The highest BCUT2D eigenvalue weighted by molar-refractivity contribution is 9.19. The Labute approximate surface area is 858 Å². The number of pyridine rings is 2. The molecule has 2 saturated carbocycles. The molecule has 48 nitrogen and oxygen atoms in total. The van der Waals surface area contributed by atoms with Gasteiger partial charge in [-0.2, -0.15) is 0 Å². The third kappa shape index (κ3) is 33.9. The van der Waals surface area contributed by atoms with Crippen LogP contribution >= 0.6 is 109 Å². The number of hydrogen-bond acceptors (Lipinski definition) is 38. The highest BCUT2D eigenvalue weighted by Crippen LogP contribution is 2.72. The lowest BCUT2D eigenvalue weighted by molar-refractivity contribution is -0.124. The summed E-state index contributed by atoms with van der Waals surface area (Å²) in [5, 5.41) is 9.66. The number of nitrogens with one attached hydrogen (secondary N) is 4. The third-order valence-corrected chi connectivity index (χ3v) is 43.8. The Morgan fingerprint density at radius 3 is 1.12 bits per heavy atom. The number of anilines is 2. The number of nitrogens with zero attached hydrogens (tertiary/aromatic N) is 5. The third-order valence-electron chi connectivity index (χ3n) is 21.7. The summed E-state index contributed by atoms with van der Waals surface area (Å²) < 4.78 is 226. The monoisotopic (exact) mass is 2400 g/mol. The van der Waals surface area contributed by atoms with Crippen LogP contribution in [0.5, 0.6) is 11.5 Å². The fourth-order valence-electron chi connectivity index (χ4n) is 16.0. The Kier molecular flexibility index (Phi) is 50.9. The first-order valence-electron chi connectivity index (χ1n) is 46.5. The van der Waals surface area contributed by atoms with Crippen LogP contribution in [0.25, 0.3) is 21.8 Å². The van der Waals surface area contributed by atoms with Gasteiger partial charge in [-0.15, -0.1) is 0 Å². The first kappa shape index (κ1) is 127. The second kappa shape index (κ2) is 57.5. The quantitative estimate of drug-likeness (QED) is 0.00652. The fraction of sp³-hybridized carbons (Fsp3) is 0.699. The maximum absolute atomic E-state index is 16.4. The molecule has 4 saturated heterocycles. The Morgan fingerprint density at radius 1 is 0.479 bits per heavy atom. The number of benzene rings is 2. The van der Waals surface area contributed by atoms with Crippen molar-refractivity contribution in [2.24, 2.45) is 17.6 Å². The zero-order chi connectivity index (χ0) is 108. The number of esters is 2. The summed E-state index contributed by atoms with van der Waals surface area (Å²) in [5.74, 6) is -6.30. The highest BCUT2D eigenvalue weighted by atomic mass is 79.9. The largest absolute Gasteiger partial charge is 0.492 e. The molecule has 820 valence electrons. The van der Waals surface area contributed by atoms with Gasteiger partial charge in [0.15, 0.2) is 36.3 Å². The van der Waals surface area contributed by atoms with Gasteiger partial charge >= 0.3 is 78.8 Å². The van der Waals surface area contributed by atoms with Crippen molar-refractivity contribution in [3.8, 4) is 11.5 Å². The number of ether oxygens (including phenoxy) is 5. The predicted octanol–water partition coefficient (Wildman–Crippen LogP) is 14.4. The maximum Gasteiger partial charge on any atom is 0.410 e. The molecule has 0 spiro atoms. The van der Waals surface area contributed by atoms with E-state index in [9.17, 15) is 79.7 Å². The van der Waals surface area contributed by atoms with E-state index in [2.05, 4.69) is 63.7 Å². The summed E-state index contributed by atoms with van der Waals surface area (Å²) in [6.45, 7) is 25.9. The number of halogens is 5. The minimum Gasteiger partial charge on any atom is -0.492 e. The smallest absolute Gasteiger partial charge is 0.410 e. The first-order valence-corrected chi connectivity index (χ1v) is 62.6. The molecule has 6 fully saturated rings. The number of alkyl halides is 2. The molecule has 61 heteroatoms. The van der Waals surface area contributed by atoms with Gasteiger partial charge in [0.1, 0.15) is 28.1 Å². The van der Waals surface area contributed by atoms with Gasteiger partial charge in [-0.05, 0) is 202 Å². The summed E-state index contributed by atoms with van der Waals surface area (Å²) in [7, 11) is -32.3. The van der Waals surface area contributed by atoms with Crippen LogP contribution < -0.4 is 57.1 Å². The van der Waals surface area contributed by atoms with E-state index in [0.717, 1.165) is 44.4 Å². The van der Waals surface area contributed by atoms with Crippen molar-refractivity contribution in [2.75, 3.05) is 166 Å². The van der Waals surface area contributed by atoms with E-state index in [1.54, 1.807) is 90.2 Å². The molecule has 10 rings (SSSR count). The van der Waals surface area contributed by atoms with E-state index in [0.29, 0.717) is 80.7 Å². The Morgan fingerprint density at radius 2 is 0.806 bits per heavy atom. The van der Waals surface area contributed by atoms with Crippen molar-refractivity contribution in [1.29, 1.82) is 0 Å². The van der Waals surface area contributed by atoms with Crippen molar-refractivity contribution in [3.63, 3.8) is 0 Å². The van der Waals surface area contributed by atoms with Crippen molar-refractivity contribution in [3.05, 3.63) is 67.7 Å². The number of rotatable bonds is 49. The number of hydrogen-bond donors (Lipinski definition) is 9. The number of likely N-dealkylation sites (tertiary alicyclic amines) is 1. The normalized spacial score (nSPS) is 17.4. The van der Waals surface area contributed by atoms with Crippen molar-refractivity contribution in [2.45, 2.75) is 207 Å². The molecular weight excluding hydrogens is 2270 g/mol. The number of fused-ring (bicyclic) bond motifs is 4. The number of piperidine rings is 2. The van der Waals surface area contributed by atoms with Gasteiger partial charge in [-0.3, -0.25) is 65.3 Å². The number of aromatic nitrogens is 2. The van der Waals surface area contributed by atoms with Gasteiger partial charge in [0.2, 0.25) is 43.6 Å². The van der Waals surface area contributed by atoms with Crippen LogP contribution in [0.15, 0.2) is 34.1 Å². The molecule has 0 radical (unpaired) electrons. The standard InChI is InChI=1S/C37H55FN4O13P2.C24H31FN4O11P2.C11H24BrNO7P2.C9H23NO6P2.C2H2Br2O/c1-9-51-56(47,52-10-2)35(57(48,53-11-3)54-12-4)39-29(43)22-50-34(45)26-20-42(24-15-16-24)30-25(32(26)44)18-27(38)31(33(30)49-8)40-19-23-14-13-17-41(28(23)21-40)36(46)55-37(5,6)7;1-39-22-19-14(7-16(25)20(22)28-8-12-3-2-6-26-17(12)10-28)21(31)15(9-29(19)13-4-5-13)23(32)40-11-18(30)27-24(41(33,34)35)42(36,37)38;1-5-17-21(15,18-6-2)11(13-10(14)9-12)22(16,19-7-3)20-8-4;1-5-13-17(11,14-6-2)9(10)18(12,15-7-3)16-8-4;3-1-2(4)5/h18,20,23-24,28,35H,9-17,19,21-22H2,1-8H3,(H,39,43);7,9,12-13,17,24,26H,2-6,8,10-11H2,1H3,(H,27,30)(H2,33,34,35)(H2,36,37,38);11H,5-9H2,1-4H3,(H,13,14);9H,5-8,10H2,1-4H3;1H2/t23-,28+;12-,17+;;;/m00.../s1. The molecule has 10 N–H and O–H groups in total. The molecule has 6 heterocycles. The van der Waals surface area contributed by atoms with Crippen LogP contribution in [0.1, 0.15) is 188 Å². The van der Waals surface area contributed by atoms with Gasteiger partial charge in [0.25, 0.3) is 11.8 Å². The summed E-state index contributed by atoms with van der Waals surface area (Å²) in [5.41, 5.74) is -4.41. The fourth-order valence-corrected chi connectivity index (χ4v) is 32.6. The molecule has 4 aliphatic heterocycles. The molecule has 2 aromatic carbocycles. The molecule has 0 bridgehead atoms. The molecule has 4 aromatic rings. The number of carbonyl (C=O) groups excluding carboxylic acids is 7. The number of nitrogens with two attached hydrogens (primary N) is 1. The minimum atomic E-state index is -5.48. The number of amides is 4. The van der Waals surface area contributed by atoms with Crippen LogP contribution in [0.4, 0.5) is 25.0 Å². The van der Waals surface area contributed by atoms with E-state index in [1.165, 1.54) is 59.6 Å². The molecule has 2 aliphatic carbocycles. The molecular formula is C83H135Br3F2N10O38P8. The summed E-state index contributed by atoms with van der Waals surface area (Å²) in [6, 6.07) is 1.85.